The van der Waals surface area contributed by atoms with Crippen LogP contribution in [0.3, 0.4) is 0 Å². The van der Waals surface area contributed by atoms with Gasteiger partial charge in [-0.05, 0) is 43.3 Å². The van der Waals surface area contributed by atoms with Gasteiger partial charge in [0.05, 0.1) is 5.92 Å². The van der Waals surface area contributed by atoms with Crippen LogP contribution in [0.2, 0.25) is 18.1 Å². The van der Waals surface area contributed by atoms with Crippen molar-refractivity contribution in [3.63, 3.8) is 0 Å². The second-order valence-electron chi connectivity index (χ2n) is 10.0. The topological polar surface area (TPSA) is 35.5 Å². The minimum Gasteiger partial charge on any atom is -0.461 e. The zero-order chi connectivity index (χ0) is 17.9. The number of carbonyl (C=O) groups is 1. The number of esters is 1. The molecule has 0 aromatic rings. The van der Waals surface area contributed by atoms with Gasteiger partial charge in [0.1, 0.15) is 6.10 Å². The highest BCUT2D eigenvalue weighted by Crippen LogP contribution is 2.55. The van der Waals surface area contributed by atoms with E-state index in [0.29, 0.717) is 11.8 Å². The molecule has 1 saturated heterocycles. The van der Waals surface area contributed by atoms with Crippen LogP contribution in [0.5, 0.6) is 0 Å². The second-order valence-corrected chi connectivity index (χ2v) is 14.9. The standard InChI is InChI=1S/C20H34O3Si/c1-13-8-9-14-17-15(23-18(21)16(13)17)10-11-20(14,5)12-22-24(6,7)19(2,3)4/h9,13,15-17H,8,10-12H2,1-7H3/t13-,15+,16-,17-,20-/m0/s1. The van der Waals surface area contributed by atoms with Crippen LogP contribution in [0.15, 0.2) is 11.6 Å². The third-order valence-corrected chi connectivity index (χ3v) is 11.7. The summed E-state index contributed by atoms with van der Waals surface area (Å²) in [7, 11) is -1.76. The molecular weight excluding hydrogens is 316 g/mol. The fourth-order valence-electron chi connectivity index (χ4n) is 4.46. The summed E-state index contributed by atoms with van der Waals surface area (Å²) in [6.07, 6.45) is 5.55. The monoisotopic (exact) mass is 350 g/mol. The lowest BCUT2D eigenvalue weighted by atomic mass is 9.59. The van der Waals surface area contributed by atoms with Crippen LogP contribution in [0.25, 0.3) is 0 Å². The van der Waals surface area contributed by atoms with Crippen LogP contribution < -0.4 is 0 Å². The van der Waals surface area contributed by atoms with Crippen molar-refractivity contribution in [2.75, 3.05) is 6.61 Å². The van der Waals surface area contributed by atoms with Crippen molar-refractivity contribution in [1.82, 2.24) is 0 Å². The van der Waals surface area contributed by atoms with Gasteiger partial charge in [-0.25, -0.2) is 0 Å². The number of ether oxygens (including phenoxy) is 1. The van der Waals surface area contributed by atoms with E-state index in [-0.39, 0.29) is 28.4 Å². The molecule has 0 bridgehead atoms. The average Bonchev–Trinajstić information content (AvgIpc) is 2.80. The Bertz CT molecular complexity index is 560. The van der Waals surface area contributed by atoms with E-state index in [1.165, 1.54) is 5.57 Å². The van der Waals surface area contributed by atoms with Crippen LogP contribution in [0.4, 0.5) is 0 Å². The molecule has 0 unspecified atom stereocenters. The molecule has 136 valence electrons. The van der Waals surface area contributed by atoms with Gasteiger partial charge in [0, 0.05) is 17.9 Å². The van der Waals surface area contributed by atoms with Gasteiger partial charge in [-0.1, -0.05) is 46.3 Å². The summed E-state index contributed by atoms with van der Waals surface area (Å²) >= 11 is 0. The third kappa shape index (κ3) is 2.80. The summed E-state index contributed by atoms with van der Waals surface area (Å²) in [6, 6.07) is 0. The maximum Gasteiger partial charge on any atom is 0.310 e. The van der Waals surface area contributed by atoms with Crippen LogP contribution in [-0.4, -0.2) is 27.0 Å². The Morgan fingerprint density at radius 3 is 2.62 bits per heavy atom. The van der Waals surface area contributed by atoms with Gasteiger partial charge >= 0.3 is 5.97 Å². The highest BCUT2D eigenvalue weighted by Gasteiger charge is 2.56. The molecule has 0 amide bonds. The molecule has 0 aromatic heterocycles. The predicted molar refractivity (Wildman–Crippen MR) is 99.2 cm³/mol. The predicted octanol–water partition coefficient (Wildman–Crippen LogP) is 4.93. The SMILES string of the molecule is C[C@H]1CC=C2[C@@H]3[C@H]1C(=O)O[C@@H]3CC[C@@]2(C)CO[Si](C)(C)C(C)(C)C. The van der Waals surface area contributed by atoms with Crippen molar-refractivity contribution >= 4 is 14.3 Å². The average molecular weight is 351 g/mol. The lowest BCUT2D eigenvalue weighted by molar-refractivity contribution is -0.145. The molecule has 0 radical (unpaired) electrons. The molecule has 0 spiro atoms. The lowest BCUT2D eigenvalue weighted by Crippen LogP contribution is -2.47. The molecule has 2 aliphatic carbocycles. The molecular formula is C20H34O3Si. The largest absolute Gasteiger partial charge is 0.461 e. The summed E-state index contributed by atoms with van der Waals surface area (Å²) in [5.74, 6) is 0.808. The summed E-state index contributed by atoms with van der Waals surface area (Å²) < 4.78 is 12.3. The Kier molecular flexibility index (Phi) is 4.32. The molecule has 3 aliphatic rings. The Hall–Kier alpha value is -0.613. The van der Waals surface area contributed by atoms with E-state index in [4.69, 9.17) is 9.16 Å². The summed E-state index contributed by atoms with van der Waals surface area (Å²) in [4.78, 5) is 12.3. The van der Waals surface area contributed by atoms with Crippen molar-refractivity contribution in [2.24, 2.45) is 23.2 Å². The van der Waals surface area contributed by atoms with Gasteiger partial charge in [-0.3, -0.25) is 4.79 Å². The lowest BCUT2D eigenvalue weighted by Gasteiger charge is -2.47. The van der Waals surface area contributed by atoms with E-state index in [1.54, 1.807) is 0 Å². The van der Waals surface area contributed by atoms with Crippen molar-refractivity contribution in [3.05, 3.63) is 11.6 Å². The van der Waals surface area contributed by atoms with Gasteiger partial charge in [0.2, 0.25) is 0 Å². The van der Waals surface area contributed by atoms with E-state index < -0.39 is 8.32 Å². The first-order valence-electron chi connectivity index (χ1n) is 9.51. The number of hydrogen-bond acceptors (Lipinski definition) is 3. The van der Waals surface area contributed by atoms with Crippen molar-refractivity contribution in [3.8, 4) is 0 Å². The normalized spacial score (nSPS) is 39.3. The molecule has 0 N–H and O–H groups in total. The van der Waals surface area contributed by atoms with Crippen LogP contribution in [-0.2, 0) is 14.0 Å². The highest BCUT2D eigenvalue weighted by molar-refractivity contribution is 6.74. The summed E-state index contributed by atoms with van der Waals surface area (Å²) in [6.45, 7) is 16.8. The molecule has 4 heteroatoms. The van der Waals surface area contributed by atoms with Crippen molar-refractivity contribution < 1.29 is 14.0 Å². The quantitative estimate of drug-likeness (QED) is 0.411. The highest BCUT2D eigenvalue weighted by atomic mass is 28.4. The number of allylic oxidation sites excluding steroid dienone is 1. The summed E-state index contributed by atoms with van der Waals surface area (Å²) in [5, 5.41) is 0.227. The van der Waals surface area contributed by atoms with Crippen molar-refractivity contribution in [2.45, 2.75) is 78.1 Å². The van der Waals surface area contributed by atoms with Crippen LogP contribution in [0.1, 0.15) is 53.9 Å². The summed E-state index contributed by atoms with van der Waals surface area (Å²) in [5.41, 5.74) is 1.51. The fourth-order valence-corrected chi connectivity index (χ4v) is 5.57. The number of carbonyl (C=O) groups excluding carboxylic acids is 1. The molecule has 3 nitrogen and oxygen atoms in total. The molecule has 2 fully saturated rings. The van der Waals surface area contributed by atoms with E-state index in [0.717, 1.165) is 25.9 Å². The molecule has 3 rings (SSSR count). The Labute approximate surface area is 148 Å². The molecule has 24 heavy (non-hydrogen) atoms. The van der Waals surface area contributed by atoms with E-state index in [2.05, 4.69) is 53.8 Å². The Morgan fingerprint density at radius 2 is 2.00 bits per heavy atom. The van der Waals surface area contributed by atoms with Gasteiger partial charge < -0.3 is 9.16 Å². The Morgan fingerprint density at radius 1 is 1.33 bits per heavy atom. The van der Waals surface area contributed by atoms with Crippen LogP contribution >= 0.6 is 0 Å². The number of rotatable bonds is 3. The van der Waals surface area contributed by atoms with Gasteiger partial charge in [-0.2, -0.15) is 0 Å². The van der Waals surface area contributed by atoms with Gasteiger partial charge in [0.15, 0.2) is 8.32 Å². The molecule has 1 heterocycles. The van der Waals surface area contributed by atoms with E-state index >= 15 is 0 Å². The van der Waals surface area contributed by atoms with Crippen LogP contribution in [0, 0.1) is 23.2 Å². The maximum absolute atomic E-state index is 12.3. The first kappa shape index (κ1) is 18.2. The molecule has 1 aliphatic heterocycles. The van der Waals surface area contributed by atoms with E-state index in [9.17, 15) is 4.79 Å². The minimum atomic E-state index is -1.76. The molecule has 1 saturated carbocycles. The Balaban J connectivity index is 1.83. The van der Waals surface area contributed by atoms with Gasteiger partial charge in [0.25, 0.3) is 0 Å². The zero-order valence-electron chi connectivity index (χ0n) is 16.4. The minimum absolute atomic E-state index is 0.0395. The smallest absolute Gasteiger partial charge is 0.310 e. The van der Waals surface area contributed by atoms with Crippen molar-refractivity contribution in [1.29, 1.82) is 0 Å². The molecule has 5 atom stereocenters. The third-order valence-electron chi connectivity index (χ3n) is 7.24. The fraction of sp³-hybridized carbons (Fsp3) is 0.850. The number of hydrogen-bond donors (Lipinski definition) is 0. The zero-order valence-corrected chi connectivity index (χ0v) is 17.4. The first-order chi connectivity index (χ1) is 11.0. The van der Waals surface area contributed by atoms with E-state index in [1.807, 2.05) is 0 Å². The van der Waals surface area contributed by atoms with Gasteiger partial charge in [-0.15, -0.1) is 0 Å². The first-order valence-corrected chi connectivity index (χ1v) is 12.4. The maximum atomic E-state index is 12.3. The molecule has 0 aromatic carbocycles. The second kappa shape index (κ2) is 5.70.